The molecule has 0 bridgehead atoms. The largest absolute Gasteiger partial charge is 0.478 e. The number of para-hydroxylation sites is 1. The molecule has 3 nitrogen and oxygen atoms in total. The molecule has 2 rings (SSSR count). The van der Waals surface area contributed by atoms with Gasteiger partial charge in [0.2, 0.25) is 0 Å². The smallest absolute Gasteiger partial charge is 0.337 e. The van der Waals surface area contributed by atoms with E-state index < -0.39 is 23.4 Å². The molecule has 2 aromatic carbocycles. The van der Waals surface area contributed by atoms with Crippen LogP contribution in [-0.4, -0.2) is 11.1 Å². The van der Waals surface area contributed by atoms with Crippen LogP contribution < -0.4 is 5.32 Å². The summed E-state index contributed by atoms with van der Waals surface area (Å²) in [6.45, 7) is -0.0294. The molecule has 0 fully saturated rings. The van der Waals surface area contributed by atoms with E-state index in [0.29, 0.717) is 5.56 Å². The van der Waals surface area contributed by atoms with Crippen LogP contribution in [0, 0.1) is 17.5 Å². The lowest BCUT2D eigenvalue weighted by Crippen LogP contribution is -2.08. The molecule has 0 amide bonds. The van der Waals surface area contributed by atoms with Gasteiger partial charge in [-0.25, -0.2) is 18.0 Å². The summed E-state index contributed by atoms with van der Waals surface area (Å²) in [5, 5.41) is 11.5. The van der Waals surface area contributed by atoms with Crippen molar-refractivity contribution < 1.29 is 23.1 Å². The number of carboxylic acids is 1. The molecule has 0 radical (unpaired) electrons. The van der Waals surface area contributed by atoms with Gasteiger partial charge in [0.25, 0.3) is 0 Å². The van der Waals surface area contributed by atoms with Gasteiger partial charge in [0.1, 0.15) is 5.82 Å². The molecule has 0 aromatic heterocycles. The number of aromatic carboxylic acids is 1. The Labute approximate surface area is 112 Å². The van der Waals surface area contributed by atoms with E-state index in [0.717, 1.165) is 18.2 Å². The van der Waals surface area contributed by atoms with E-state index in [9.17, 15) is 18.0 Å². The van der Waals surface area contributed by atoms with Crippen LogP contribution in [0.1, 0.15) is 15.9 Å². The molecule has 2 aromatic rings. The van der Waals surface area contributed by atoms with Gasteiger partial charge in [-0.1, -0.05) is 12.1 Å². The molecular formula is C14H10F3NO2. The minimum Gasteiger partial charge on any atom is -0.478 e. The minimum absolute atomic E-state index is 0.0294. The third-order valence-corrected chi connectivity index (χ3v) is 2.70. The summed E-state index contributed by atoms with van der Waals surface area (Å²) in [7, 11) is 0. The van der Waals surface area contributed by atoms with Gasteiger partial charge < -0.3 is 10.4 Å². The van der Waals surface area contributed by atoms with E-state index in [-0.39, 0.29) is 17.8 Å². The van der Waals surface area contributed by atoms with Crippen LogP contribution in [-0.2, 0) is 6.54 Å². The molecule has 0 aliphatic carbocycles. The van der Waals surface area contributed by atoms with Crippen molar-refractivity contribution in [3.63, 3.8) is 0 Å². The second kappa shape index (κ2) is 5.64. The van der Waals surface area contributed by atoms with Gasteiger partial charge in [-0.2, -0.15) is 0 Å². The first kappa shape index (κ1) is 13.9. The number of nitrogens with one attached hydrogen (secondary N) is 1. The number of anilines is 1. The van der Waals surface area contributed by atoms with Gasteiger partial charge >= 0.3 is 5.97 Å². The van der Waals surface area contributed by atoms with Crippen LogP contribution in [0.3, 0.4) is 0 Å². The van der Waals surface area contributed by atoms with Crippen LogP contribution in [0.2, 0.25) is 0 Å². The molecule has 0 saturated carbocycles. The van der Waals surface area contributed by atoms with Gasteiger partial charge in [0.15, 0.2) is 11.6 Å². The lowest BCUT2D eigenvalue weighted by atomic mass is 10.1. The van der Waals surface area contributed by atoms with Crippen molar-refractivity contribution in [2.45, 2.75) is 6.54 Å². The van der Waals surface area contributed by atoms with E-state index in [4.69, 9.17) is 5.11 Å². The molecule has 0 saturated heterocycles. The maximum Gasteiger partial charge on any atom is 0.337 e. The van der Waals surface area contributed by atoms with Gasteiger partial charge in [-0.15, -0.1) is 0 Å². The first-order valence-electron chi connectivity index (χ1n) is 5.68. The number of hydrogen-bond acceptors (Lipinski definition) is 2. The zero-order valence-electron chi connectivity index (χ0n) is 10.2. The van der Waals surface area contributed by atoms with E-state index in [1.807, 2.05) is 0 Å². The predicted molar refractivity (Wildman–Crippen MR) is 67.0 cm³/mol. The highest BCUT2D eigenvalue weighted by atomic mass is 19.2. The molecule has 104 valence electrons. The molecule has 0 atom stereocenters. The number of carboxylic acid groups (broad SMARTS) is 1. The number of rotatable bonds is 4. The Kier molecular flexibility index (Phi) is 3.93. The molecular weight excluding hydrogens is 271 g/mol. The first-order chi connectivity index (χ1) is 9.49. The summed E-state index contributed by atoms with van der Waals surface area (Å²) >= 11 is 0. The van der Waals surface area contributed by atoms with E-state index in [1.54, 1.807) is 0 Å². The number of halogens is 3. The lowest BCUT2D eigenvalue weighted by molar-refractivity contribution is 0.0697. The fraction of sp³-hybridized carbons (Fsp3) is 0.0714. The van der Waals surface area contributed by atoms with Gasteiger partial charge in [0.05, 0.1) is 11.3 Å². The van der Waals surface area contributed by atoms with Crippen LogP contribution >= 0.6 is 0 Å². The number of carbonyl (C=O) groups is 1. The van der Waals surface area contributed by atoms with Crippen molar-refractivity contribution in [1.82, 2.24) is 0 Å². The SMILES string of the molecule is O=C(O)c1cccc(F)c1NCc1ccc(F)c(F)c1. The summed E-state index contributed by atoms with van der Waals surface area (Å²) in [6, 6.07) is 6.88. The van der Waals surface area contributed by atoms with E-state index >= 15 is 0 Å². The molecule has 6 heteroatoms. The molecule has 0 aliphatic heterocycles. The average Bonchev–Trinajstić information content (AvgIpc) is 2.40. The van der Waals surface area contributed by atoms with E-state index in [2.05, 4.69) is 5.32 Å². The number of hydrogen-bond donors (Lipinski definition) is 2. The number of benzene rings is 2. The normalized spacial score (nSPS) is 10.3. The standard InChI is InChI=1S/C14H10F3NO2/c15-10-5-4-8(6-12(10)17)7-18-13-9(14(19)20)2-1-3-11(13)16/h1-6,18H,7H2,(H,19,20). The molecule has 0 unspecified atom stereocenters. The summed E-state index contributed by atoms with van der Waals surface area (Å²) in [4.78, 5) is 11.0. The zero-order chi connectivity index (χ0) is 14.7. The van der Waals surface area contributed by atoms with Crippen LogP contribution in [0.4, 0.5) is 18.9 Å². The topological polar surface area (TPSA) is 49.3 Å². The van der Waals surface area contributed by atoms with Crippen molar-refractivity contribution in [1.29, 1.82) is 0 Å². The predicted octanol–water partition coefficient (Wildman–Crippen LogP) is 3.41. The van der Waals surface area contributed by atoms with Crippen molar-refractivity contribution in [3.8, 4) is 0 Å². The van der Waals surface area contributed by atoms with Gasteiger partial charge in [-0.05, 0) is 29.8 Å². The Hall–Kier alpha value is -2.50. The fourth-order valence-corrected chi connectivity index (χ4v) is 1.72. The fourth-order valence-electron chi connectivity index (χ4n) is 1.72. The molecule has 20 heavy (non-hydrogen) atoms. The minimum atomic E-state index is -1.28. The third-order valence-electron chi connectivity index (χ3n) is 2.70. The Morgan fingerprint density at radius 2 is 1.80 bits per heavy atom. The summed E-state index contributed by atoms with van der Waals surface area (Å²) < 4.78 is 39.4. The Morgan fingerprint density at radius 1 is 1.05 bits per heavy atom. The summed E-state index contributed by atoms with van der Waals surface area (Å²) in [5.41, 5.74) is -0.0548. The van der Waals surface area contributed by atoms with Crippen molar-refractivity contribution in [2.75, 3.05) is 5.32 Å². The molecule has 0 spiro atoms. The van der Waals surface area contributed by atoms with Crippen molar-refractivity contribution in [2.24, 2.45) is 0 Å². The summed E-state index contributed by atoms with van der Waals surface area (Å²) in [5.74, 6) is -4.01. The second-order valence-corrected chi connectivity index (χ2v) is 4.07. The monoisotopic (exact) mass is 281 g/mol. The van der Waals surface area contributed by atoms with Gasteiger partial charge in [0, 0.05) is 6.54 Å². The second-order valence-electron chi connectivity index (χ2n) is 4.07. The highest BCUT2D eigenvalue weighted by Crippen LogP contribution is 2.21. The van der Waals surface area contributed by atoms with Crippen LogP contribution in [0.25, 0.3) is 0 Å². The summed E-state index contributed by atoms with van der Waals surface area (Å²) in [6.07, 6.45) is 0. The molecule has 0 heterocycles. The average molecular weight is 281 g/mol. The highest BCUT2D eigenvalue weighted by Gasteiger charge is 2.14. The Bertz CT molecular complexity index is 659. The Balaban J connectivity index is 2.22. The Morgan fingerprint density at radius 3 is 2.45 bits per heavy atom. The van der Waals surface area contributed by atoms with Crippen LogP contribution in [0.15, 0.2) is 36.4 Å². The first-order valence-corrected chi connectivity index (χ1v) is 5.68. The maximum atomic E-state index is 13.6. The van der Waals surface area contributed by atoms with Crippen molar-refractivity contribution in [3.05, 3.63) is 65.0 Å². The van der Waals surface area contributed by atoms with Gasteiger partial charge in [-0.3, -0.25) is 0 Å². The lowest BCUT2D eigenvalue weighted by Gasteiger charge is -2.10. The molecule has 2 N–H and O–H groups in total. The van der Waals surface area contributed by atoms with Crippen LogP contribution in [0.5, 0.6) is 0 Å². The third kappa shape index (κ3) is 2.90. The molecule has 0 aliphatic rings. The quantitative estimate of drug-likeness (QED) is 0.902. The maximum absolute atomic E-state index is 13.6. The van der Waals surface area contributed by atoms with Crippen molar-refractivity contribution >= 4 is 11.7 Å². The zero-order valence-corrected chi connectivity index (χ0v) is 10.2. The highest BCUT2D eigenvalue weighted by molar-refractivity contribution is 5.94. The van der Waals surface area contributed by atoms with E-state index in [1.165, 1.54) is 18.2 Å².